The van der Waals surface area contributed by atoms with Gasteiger partial charge in [-0.2, -0.15) is 13.2 Å². The molecule has 0 bridgehead atoms. The van der Waals surface area contributed by atoms with Gasteiger partial charge in [-0.15, -0.1) is 0 Å². The molecule has 0 radical (unpaired) electrons. The van der Waals surface area contributed by atoms with Crippen LogP contribution in [-0.2, 0) is 23.9 Å². The molecule has 1 N–H and O–H groups in total. The molecule has 0 saturated heterocycles. The summed E-state index contributed by atoms with van der Waals surface area (Å²) < 4.78 is 42.7. The topological polar surface area (TPSA) is 62.5 Å². The maximum absolute atomic E-state index is 13.8. The number of carboxylic acids is 1. The van der Waals surface area contributed by atoms with Crippen molar-refractivity contribution in [2.24, 2.45) is 0 Å². The van der Waals surface area contributed by atoms with Gasteiger partial charge in [-0.3, -0.25) is 9.36 Å². The molecule has 0 saturated carbocycles. The monoisotopic (exact) mass is 554 g/mol. The second-order valence-electron chi connectivity index (χ2n) is 10.2. The quantitative estimate of drug-likeness (QED) is 0.247. The minimum absolute atomic E-state index is 0.00313. The highest BCUT2D eigenvalue weighted by Gasteiger charge is 2.38. The Hall–Kier alpha value is -4.85. The van der Waals surface area contributed by atoms with Crippen LogP contribution in [0.5, 0.6) is 0 Å². The molecule has 0 spiro atoms. The first-order chi connectivity index (χ1) is 19.7. The van der Waals surface area contributed by atoms with Crippen LogP contribution in [0.1, 0.15) is 28.3 Å². The Morgan fingerprint density at radius 2 is 1.56 bits per heavy atom. The Morgan fingerprint density at radius 1 is 0.854 bits per heavy atom. The summed E-state index contributed by atoms with van der Waals surface area (Å²) >= 11 is 0. The Balaban J connectivity index is 1.62. The molecule has 5 aromatic rings. The molecule has 4 aromatic carbocycles. The first-order valence-corrected chi connectivity index (χ1v) is 13.1. The van der Waals surface area contributed by atoms with E-state index in [1.165, 1.54) is 16.7 Å². The summed E-state index contributed by atoms with van der Waals surface area (Å²) in [5.41, 5.74) is 1.68. The number of aromatic nitrogens is 1. The average molecular weight is 555 g/mol. The summed E-state index contributed by atoms with van der Waals surface area (Å²) in [6, 6.07) is 28.2. The number of hydrogen-bond acceptors (Lipinski definition) is 3. The van der Waals surface area contributed by atoms with E-state index in [4.69, 9.17) is 0 Å². The molecule has 2 heterocycles. The number of nitrogens with zero attached hydrogens (tertiary/aromatic N) is 2. The van der Waals surface area contributed by atoms with Gasteiger partial charge in [0.15, 0.2) is 6.04 Å². The second kappa shape index (κ2) is 10.3. The minimum Gasteiger partial charge on any atom is -0.480 e. The lowest BCUT2D eigenvalue weighted by atomic mass is 9.92. The van der Waals surface area contributed by atoms with Gasteiger partial charge in [0, 0.05) is 18.2 Å². The molecular weight excluding hydrogens is 529 g/mol. The van der Waals surface area contributed by atoms with Gasteiger partial charge >= 0.3 is 12.1 Å². The van der Waals surface area contributed by atoms with Crippen molar-refractivity contribution in [2.45, 2.75) is 25.2 Å². The number of anilines is 1. The minimum atomic E-state index is -4.58. The SMILES string of the molecule is O=C(O)C1CN(Cc2ccccc2)c2c(-c3cccc(C(F)(F)F)c3)c(Cc3cccc4ccccc34)cc(=O)n21. The third-order valence-corrected chi connectivity index (χ3v) is 7.55. The molecule has 1 aliphatic heterocycles. The number of fused-ring (bicyclic) bond motifs is 2. The first-order valence-electron chi connectivity index (χ1n) is 13.1. The van der Waals surface area contributed by atoms with E-state index in [0.717, 1.165) is 34.0 Å². The molecule has 1 aliphatic rings. The van der Waals surface area contributed by atoms with Gasteiger partial charge in [-0.05, 0) is 51.6 Å². The molecule has 5 nitrogen and oxygen atoms in total. The van der Waals surface area contributed by atoms with Crippen LogP contribution in [0.25, 0.3) is 21.9 Å². The van der Waals surface area contributed by atoms with Crippen molar-refractivity contribution in [2.75, 3.05) is 11.4 Å². The van der Waals surface area contributed by atoms with Crippen LogP contribution in [0.15, 0.2) is 108 Å². The molecule has 1 unspecified atom stereocenters. The second-order valence-corrected chi connectivity index (χ2v) is 10.2. The highest BCUT2D eigenvalue weighted by Crippen LogP contribution is 2.42. The third-order valence-electron chi connectivity index (χ3n) is 7.55. The molecule has 1 aromatic heterocycles. The summed E-state index contributed by atoms with van der Waals surface area (Å²) in [5, 5.41) is 12.0. The van der Waals surface area contributed by atoms with Crippen LogP contribution in [0.2, 0.25) is 0 Å². The fourth-order valence-electron chi connectivity index (χ4n) is 5.74. The van der Waals surface area contributed by atoms with E-state index >= 15 is 0 Å². The van der Waals surface area contributed by atoms with Gasteiger partial charge in [0.05, 0.1) is 12.1 Å². The molecule has 6 rings (SSSR count). The molecule has 0 amide bonds. The van der Waals surface area contributed by atoms with E-state index < -0.39 is 29.3 Å². The normalized spacial score (nSPS) is 14.8. The number of carboxylic acid groups (broad SMARTS) is 1. The zero-order chi connectivity index (χ0) is 28.7. The van der Waals surface area contributed by atoms with Gasteiger partial charge in [0.2, 0.25) is 0 Å². The Morgan fingerprint density at radius 3 is 2.32 bits per heavy atom. The maximum Gasteiger partial charge on any atom is 0.416 e. The van der Waals surface area contributed by atoms with Crippen LogP contribution in [-0.4, -0.2) is 22.2 Å². The lowest BCUT2D eigenvalue weighted by Gasteiger charge is -2.24. The summed E-state index contributed by atoms with van der Waals surface area (Å²) in [7, 11) is 0. The van der Waals surface area contributed by atoms with Gasteiger partial charge < -0.3 is 10.0 Å². The zero-order valence-electron chi connectivity index (χ0n) is 21.8. The molecular formula is C33H25F3N2O3. The van der Waals surface area contributed by atoms with Gasteiger partial charge in [0.25, 0.3) is 5.56 Å². The van der Waals surface area contributed by atoms with E-state index in [1.54, 1.807) is 11.0 Å². The van der Waals surface area contributed by atoms with Crippen molar-refractivity contribution in [3.63, 3.8) is 0 Å². The molecule has 8 heteroatoms. The number of pyridine rings is 1. The highest BCUT2D eigenvalue weighted by atomic mass is 19.4. The van der Waals surface area contributed by atoms with Crippen molar-refractivity contribution in [3.8, 4) is 11.1 Å². The predicted molar refractivity (Wildman–Crippen MR) is 152 cm³/mol. The fourth-order valence-corrected chi connectivity index (χ4v) is 5.74. The van der Waals surface area contributed by atoms with Crippen molar-refractivity contribution >= 4 is 22.6 Å². The summed E-state index contributed by atoms with van der Waals surface area (Å²) in [4.78, 5) is 27.7. The van der Waals surface area contributed by atoms with Crippen LogP contribution < -0.4 is 10.5 Å². The molecule has 41 heavy (non-hydrogen) atoms. The summed E-state index contributed by atoms with van der Waals surface area (Å²) in [6.07, 6.45) is -4.30. The van der Waals surface area contributed by atoms with Gasteiger partial charge in [-0.25, -0.2) is 4.79 Å². The van der Waals surface area contributed by atoms with Crippen molar-refractivity contribution in [1.29, 1.82) is 0 Å². The lowest BCUT2D eigenvalue weighted by molar-refractivity contribution is -0.140. The smallest absolute Gasteiger partial charge is 0.416 e. The van der Waals surface area contributed by atoms with Crippen LogP contribution in [0.3, 0.4) is 0 Å². The van der Waals surface area contributed by atoms with Crippen LogP contribution in [0.4, 0.5) is 19.0 Å². The first kappa shape index (κ1) is 26.4. The van der Waals surface area contributed by atoms with Crippen LogP contribution in [0, 0.1) is 0 Å². The largest absolute Gasteiger partial charge is 0.480 e. The predicted octanol–water partition coefficient (Wildman–Crippen LogP) is 6.92. The highest BCUT2D eigenvalue weighted by molar-refractivity contribution is 5.88. The molecule has 0 aliphatic carbocycles. The fraction of sp³-hybridized carbons (Fsp3) is 0.152. The van der Waals surface area contributed by atoms with Crippen molar-refractivity contribution in [1.82, 2.24) is 4.57 Å². The Labute approximate surface area is 233 Å². The van der Waals surface area contributed by atoms with Gasteiger partial charge in [-0.1, -0.05) is 84.9 Å². The van der Waals surface area contributed by atoms with E-state index in [1.807, 2.05) is 72.8 Å². The number of carbonyl (C=O) groups is 1. The standard InChI is InChI=1S/C33H25F3N2O3/c34-33(35,36)26-14-7-13-24(17-26)30-25(16-23-12-6-11-22-10-4-5-15-27(22)23)18-29(39)38-28(32(40)41)20-37(31(30)38)19-21-8-2-1-3-9-21/h1-15,17-18,28H,16,19-20H2,(H,40,41). The van der Waals surface area contributed by atoms with Crippen LogP contribution >= 0.6 is 0 Å². The maximum atomic E-state index is 13.8. The Kier molecular flexibility index (Phi) is 6.61. The summed E-state index contributed by atoms with van der Waals surface area (Å²) in [6.45, 7) is 0.289. The Bertz CT molecular complexity index is 1820. The number of benzene rings is 4. The van der Waals surface area contributed by atoms with E-state index in [0.29, 0.717) is 16.9 Å². The number of hydrogen-bond donors (Lipinski definition) is 1. The molecule has 0 fully saturated rings. The van der Waals surface area contributed by atoms with Crippen molar-refractivity contribution in [3.05, 3.63) is 136 Å². The number of rotatable bonds is 6. The zero-order valence-corrected chi connectivity index (χ0v) is 21.8. The number of aliphatic carboxylic acids is 1. The number of alkyl halides is 3. The summed E-state index contributed by atoms with van der Waals surface area (Å²) in [5.74, 6) is -0.871. The average Bonchev–Trinajstić information content (AvgIpc) is 3.33. The van der Waals surface area contributed by atoms with Crippen molar-refractivity contribution < 1.29 is 23.1 Å². The number of halogens is 3. The lowest BCUT2D eigenvalue weighted by Crippen LogP contribution is -2.28. The van der Waals surface area contributed by atoms with E-state index in [2.05, 4.69) is 0 Å². The van der Waals surface area contributed by atoms with E-state index in [9.17, 15) is 27.9 Å². The van der Waals surface area contributed by atoms with Gasteiger partial charge in [0.1, 0.15) is 5.82 Å². The third kappa shape index (κ3) is 4.97. The van der Waals surface area contributed by atoms with E-state index in [-0.39, 0.29) is 25.1 Å². The molecule has 1 atom stereocenters. The molecule has 206 valence electrons.